The van der Waals surface area contributed by atoms with Crippen LogP contribution in [0.15, 0.2) is 72.9 Å². The Bertz CT molecular complexity index is 1370. The fourth-order valence-electron chi connectivity index (χ4n) is 4.23. The van der Waals surface area contributed by atoms with Gasteiger partial charge in [0.25, 0.3) is 0 Å². The molecule has 154 valence electrons. The molecule has 0 aliphatic heterocycles. The van der Waals surface area contributed by atoms with Gasteiger partial charge in [0.15, 0.2) is 0 Å². The maximum Gasteiger partial charge on any atom is 0.149 e. The molecule has 0 unspecified atom stereocenters. The van der Waals surface area contributed by atoms with E-state index in [-0.39, 0.29) is 11.8 Å². The van der Waals surface area contributed by atoms with Crippen LogP contribution in [0.1, 0.15) is 51.0 Å². The van der Waals surface area contributed by atoms with Gasteiger partial charge in [-0.1, -0.05) is 70.2 Å². The number of fused-ring (bicyclic) bond motifs is 3. The van der Waals surface area contributed by atoms with Crippen molar-refractivity contribution in [2.45, 2.75) is 39.5 Å². The van der Waals surface area contributed by atoms with Gasteiger partial charge in [-0.05, 0) is 30.2 Å². The van der Waals surface area contributed by atoms with Gasteiger partial charge >= 0.3 is 0 Å². The average Bonchev–Trinajstić information content (AvgIpc) is 3.14. The van der Waals surface area contributed by atoms with Crippen LogP contribution in [0, 0.1) is 0 Å². The Hall–Kier alpha value is -3.53. The maximum absolute atomic E-state index is 5.10. The van der Waals surface area contributed by atoms with E-state index >= 15 is 0 Å². The van der Waals surface area contributed by atoms with E-state index in [1.807, 2.05) is 24.4 Å². The number of benzene rings is 2. The first-order valence-corrected chi connectivity index (χ1v) is 10.9. The van der Waals surface area contributed by atoms with Crippen LogP contribution < -0.4 is 0 Å². The third-order valence-electron chi connectivity index (χ3n) is 5.69. The van der Waals surface area contributed by atoms with Crippen molar-refractivity contribution in [2.75, 3.05) is 0 Å². The third kappa shape index (κ3) is 3.19. The normalized spacial score (nSPS) is 11.8. The van der Waals surface area contributed by atoms with Crippen molar-refractivity contribution in [3.05, 3.63) is 84.4 Å². The summed E-state index contributed by atoms with van der Waals surface area (Å²) in [7, 11) is 0. The Balaban J connectivity index is 2.03. The summed E-state index contributed by atoms with van der Waals surface area (Å²) < 4.78 is 2.29. The fraction of sp³-hybridized carbons (Fsp3) is 0.222. The molecule has 4 heteroatoms. The molecule has 0 saturated carbocycles. The zero-order chi connectivity index (χ0) is 21.5. The first-order chi connectivity index (χ1) is 15.1. The molecule has 5 rings (SSSR count). The summed E-state index contributed by atoms with van der Waals surface area (Å²) in [6.45, 7) is 8.72. The van der Waals surface area contributed by atoms with Gasteiger partial charge in [0.1, 0.15) is 11.5 Å². The number of hydrogen-bond donors (Lipinski definition) is 0. The van der Waals surface area contributed by atoms with Gasteiger partial charge in [0.2, 0.25) is 0 Å². The standard InChI is InChI=1S/C27H26N4/c1-17(2)24-23-21-14-10-13-20(22-15-8-9-16-28-22)25(21)31(19-11-6-5-7-12-19)27(23)30-26(29-24)18(3)4/h5-18H,1-4H3. The molecule has 31 heavy (non-hydrogen) atoms. The number of nitrogens with zero attached hydrogens (tertiary/aromatic N) is 4. The molecule has 0 spiro atoms. The summed E-state index contributed by atoms with van der Waals surface area (Å²) in [5, 5.41) is 2.30. The summed E-state index contributed by atoms with van der Waals surface area (Å²) >= 11 is 0. The van der Waals surface area contributed by atoms with Gasteiger partial charge in [-0.15, -0.1) is 0 Å². The monoisotopic (exact) mass is 406 g/mol. The second kappa shape index (κ2) is 7.62. The van der Waals surface area contributed by atoms with Crippen molar-refractivity contribution in [1.82, 2.24) is 19.5 Å². The first kappa shape index (κ1) is 19.4. The van der Waals surface area contributed by atoms with E-state index in [0.717, 1.165) is 45.0 Å². The quantitative estimate of drug-likeness (QED) is 0.327. The first-order valence-electron chi connectivity index (χ1n) is 10.9. The molecule has 4 nitrogen and oxygen atoms in total. The highest BCUT2D eigenvalue weighted by molar-refractivity contribution is 6.13. The molecule has 3 heterocycles. The zero-order valence-corrected chi connectivity index (χ0v) is 18.4. The summed E-state index contributed by atoms with van der Waals surface area (Å²) in [4.78, 5) is 14.8. The molecule has 0 fully saturated rings. The van der Waals surface area contributed by atoms with Crippen LogP contribution in [0.5, 0.6) is 0 Å². The highest BCUT2D eigenvalue weighted by atomic mass is 15.1. The molecule has 0 bridgehead atoms. The molecule has 0 aliphatic carbocycles. The van der Waals surface area contributed by atoms with Crippen molar-refractivity contribution < 1.29 is 0 Å². The van der Waals surface area contributed by atoms with Gasteiger partial charge < -0.3 is 0 Å². The SMILES string of the molecule is CC(C)c1nc(C(C)C)c2c3cccc(-c4ccccn4)c3n(-c3ccccc3)c2n1. The second-order valence-corrected chi connectivity index (χ2v) is 8.56. The predicted molar refractivity (Wildman–Crippen MR) is 128 cm³/mol. The molecule has 5 aromatic rings. The van der Waals surface area contributed by atoms with E-state index in [9.17, 15) is 0 Å². The van der Waals surface area contributed by atoms with Crippen LogP contribution in [0.3, 0.4) is 0 Å². The zero-order valence-electron chi connectivity index (χ0n) is 18.4. The smallest absolute Gasteiger partial charge is 0.149 e. The molecule has 0 radical (unpaired) electrons. The van der Waals surface area contributed by atoms with E-state index in [1.165, 1.54) is 5.39 Å². The summed E-state index contributed by atoms with van der Waals surface area (Å²) in [6, 6.07) is 23.0. The van der Waals surface area contributed by atoms with E-state index in [4.69, 9.17) is 9.97 Å². The highest BCUT2D eigenvalue weighted by Gasteiger charge is 2.23. The number of para-hydroxylation sites is 2. The highest BCUT2D eigenvalue weighted by Crippen LogP contribution is 2.39. The average molecular weight is 407 g/mol. The van der Waals surface area contributed by atoms with Crippen molar-refractivity contribution in [2.24, 2.45) is 0 Å². The number of rotatable bonds is 4. The van der Waals surface area contributed by atoms with Crippen LogP contribution in [-0.2, 0) is 0 Å². The lowest BCUT2D eigenvalue weighted by Crippen LogP contribution is -2.06. The fourth-order valence-corrected chi connectivity index (χ4v) is 4.23. The maximum atomic E-state index is 5.10. The van der Waals surface area contributed by atoms with Crippen molar-refractivity contribution in [3.63, 3.8) is 0 Å². The third-order valence-corrected chi connectivity index (χ3v) is 5.69. The lowest BCUT2D eigenvalue weighted by molar-refractivity contribution is 0.740. The van der Waals surface area contributed by atoms with E-state index in [2.05, 4.69) is 85.8 Å². The number of pyridine rings is 1. The largest absolute Gasteiger partial charge is 0.293 e. The van der Waals surface area contributed by atoms with Gasteiger partial charge in [0, 0.05) is 34.1 Å². The molecule has 0 saturated heterocycles. The molecule has 2 aromatic carbocycles. The minimum atomic E-state index is 0.249. The Morgan fingerprint density at radius 2 is 1.52 bits per heavy atom. The molecular weight excluding hydrogens is 380 g/mol. The van der Waals surface area contributed by atoms with Gasteiger partial charge in [0.05, 0.1) is 16.9 Å². The van der Waals surface area contributed by atoms with Crippen molar-refractivity contribution >= 4 is 21.9 Å². The summed E-state index contributed by atoms with van der Waals surface area (Å²) in [5.41, 5.74) is 6.34. The predicted octanol–water partition coefficient (Wildman–Crippen LogP) is 6.88. The van der Waals surface area contributed by atoms with Crippen LogP contribution in [0.2, 0.25) is 0 Å². The summed E-state index contributed by atoms with van der Waals surface area (Å²) in [5.74, 6) is 1.42. The van der Waals surface area contributed by atoms with Crippen LogP contribution in [0.25, 0.3) is 38.9 Å². The minimum Gasteiger partial charge on any atom is -0.293 e. The van der Waals surface area contributed by atoms with E-state index in [1.54, 1.807) is 0 Å². The van der Waals surface area contributed by atoms with Crippen LogP contribution in [-0.4, -0.2) is 19.5 Å². The Morgan fingerprint density at radius 3 is 2.19 bits per heavy atom. The van der Waals surface area contributed by atoms with E-state index in [0.29, 0.717) is 0 Å². The molecule has 0 N–H and O–H groups in total. The minimum absolute atomic E-state index is 0.249. The lowest BCUT2D eigenvalue weighted by Gasteiger charge is -2.13. The molecule has 3 aromatic heterocycles. The van der Waals surface area contributed by atoms with E-state index < -0.39 is 0 Å². The molecular formula is C27H26N4. The second-order valence-electron chi connectivity index (χ2n) is 8.56. The Kier molecular flexibility index (Phi) is 4.78. The van der Waals surface area contributed by atoms with Crippen LogP contribution in [0.4, 0.5) is 0 Å². The molecule has 0 atom stereocenters. The Labute approximate surface area is 182 Å². The van der Waals surface area contributed by atoms with Gasteiger partial charge in [-0.25, -0.2) is 9.97 Å². The van der Waals surface area contributed by atoms with Gasteiger partial charge in [-0.2, -0.15) is 0 Å². The topological polar surface area (TPSA) is 43.6 Å². The van der Waals surface area contributed by atoms with Crippen LogP contribution >= 0.6 is 0 Å². The van der Waals surface area contributed by atoms with Crippen molar-refractivity contribution in [3.8, 4) is 16.9 Å². The van der Waals surface area contributed by atoms with Gasteiger partial charge in [-0.3, -0.25) is 9.55 Å². The summed E-state index contributed by atoms with van der Waals surface area (Å²) in [6.07, 6.45) is 1.85. The molecule has 0 amide bonds. The molecule has 0 aliphatic rings. The Morgan fingerprint density at radius 1 is 0.742 bits per heavy atom. The number of aromatic nitrogens is 4. The lowest BCUT2D eigenvalue weighted by atomic mass is 10.0. The number of hydrogen-bond acceptors (Lipinski definition) is 3. The van der Waals surface area contributed by atoms with Crippen molar-refractivity contribution in [1.29, 1.82) is 0 Å².